The standard InChI is InChI=1S/C9H18O4/c1-3-5-6-8(4-2)7-12-13-9(10)11/h8H,3-7H2,1-2H3,(H,10,11). The number of carbonyl (C=O) groups is 1. The second-order valence-electron chi connectivity index (χ2n) is 3.05. The average Bonchev–Trinajstić information content (AvgIpc) is 2.10. The predicted molar refractivity (Wildman–Crippen MR) is 48.4 cm³/mol. The summed E-state index contributed by atoms with van der Waals surface area (Å²) in [5.41, 5.74) is 0. The van der Waals surface area contributed by atoms with Gasteiger partial charge in [0, 0.05) is 0 Å². The molecule has 1 unspecified atom stereocenters. The highest BCUT2D eigenvalue weighted by atomic mass is 17.2. The molecule has 0 radical (unpaired) electrons. The van der Waals surface area contributed by atoms with E-state index in [-0.39, 0.29) is 0 Å². The Labute approximate surface area is 78.8 Å². The Morgan fingerprint density at radius 2 is 2.15 bits per heavy atom. The molecule has 0 amide bonds. The molecular formula is C9H18O4. The van der Waals surface area contributed by atoms with Crippen LogP contribution in [0.1, 0.15) is 39.5 Å². The first-order valence-electron chi connectivity index (χ1n) is 4.73. The van der Waals surface area contributed by atoms with Crippen LogP contribution in [0, 0.1) is 5.92 Å². The van der Waals surface area contributed by atoms with Gasteiger partial charge in [0.15, 0.2) is 0 Å². The van der Waals surface area contributed by atoms with Crippen LogP contribution in [0.5, 0.6) is 0 Å². The number of hydrogen-bond acceptors (Lipinski definition) is 3. The zero-order chi connectivity index (χ0) is 10.1. The second-order valence-corrected chi connectivity index (χ2v) is 3.05. The summed E-state index contributed by atoms with van der Waals surface area (Å²) in [6.07, 6.45) is 2.97. The van der Waals surface area contributed by atoms with Crippen molar-refractivity contribution in [2.45, 2.75) is 39.5 Å². The van der Waals surface area contributed by atoms with Crippen molar-refractivity contribution in [2.75, 3.05) is 6.61 Å². The third kappa shape index (κ3) is 7.59. The smallest absolute Gasteiger partial charge is 0.448 e. The van der Waals surface area contributed by atoms with Crippen LogP contribution in [0.25, 0.3) is 0 Å². The molecule has 4 nitrogen and oxygen atoms in total. The largest absolute Gasteiger partial charge is 0.537 e. The molecule has 0 aliphatic rings. The van der Waals surface area contributed by atoms with E-state index in [0.29, 0.717) is 12.5 Å². The lowest BCUT2D eigenvalue weighted by atomic mass is 10.0. The van der Waals surface area contributed by atoms with Gasteiger partial charge in [-0.05, 0) is 12.3 Å². The number of carboxylic acid groups (broad SMARTS) is 1. The van der Waals surface area contributed by atoms with E-state index >= 15 is 0 Å². The molecule has 1 N–H and O–H groups in total. The molecule has 0 fully saturated rings. The van der Waals surface area contributed by atoms with E-state index in [1.807, 2.05) is 0 Å². The summed E-state index contributed by atoms with van der Waals surface area (Å²) in [7, 11) is 0. The lowest BCUT2D eigenvalue weighted by Crippen LogP contribution is -2.11. The van der Waals surface area contributed by atoms with Crippen molar-refractivity contribution in [1.29, 1.82) is 0 Å². The van der Waals surface area contributed by atoms with Crippen LogP contribution in [0.15, 0.2) is 0 Å². The molecule has 0 aliphatic heterocycles. The van der Waals surface area contributed by atoms with E-state index in [1.54, 1.807) is 0 Å². The highest BCUT2D eigenvalue weighted by Crippen LogP contribution is 2.12. The Bertz CT molecular complexity index is 136. The van der Waals surface area contributed by atoms with Gasteiger partial charge in [0.2, 0.25) is 0 Å². The maximum atomic E-state index is 9.94. The first-order chi connectivity index (χ1) is 6.20. The Morgan fingerprint density at radius 1 is 1.46 bits per heavy atom. The normalized spacial score (nSPS) is 12.5. The molecule has 0 saturated heterocycles. The Kier molecular flexibility index (Phi) is 7.39. The minimum absolute atomic E-state index is 0.364. The lowest BCUT2D eigenvalue weighted by Gasteiger charge is -2.12. The van der Waals surface area contributed by atoms with Crippen LogP contribution in [0.2, 0.25) is 0 Å². The quantitative estimate of drug-likeness (QED) is 0.495. The van der Waals surface area contributed by atoms with E-state index in [1.165, 1.54) is 0 Å². The molecule has 78 valence electrons. The summed E-state index contributed by atoms with van der Waals surface area (Å²) < 4.78 is 0. The molecule has 0 aromatic heterocycles. The number of unbranched alkanes of at least 4 members (excludes halogenated alkanes) is 1. The molecular weight excluding hydrogens is 172 g/mol. The molecule has 0 aromatic carbocycles. The van der Waals surface area contributed by atoms with Gasteiger partial charge in [-0.25, -0.2) is 4.79 Å². The van der Waals surface area contributed by atoms with Gasteiger partial charge in [0.1, 0.15) is 0 Å². The minimum atomic E-state index is -1.38. The van der Waals surface area contributed by atoms with Crippen molar-refractivity contribution >= 4 is 6.16 Å². The van der Waals surface area contributed by atoms with Gasteiger partial charge < -0.3 is 5.11 Å². The first kappa shape index (κ1) is 12.2. The van der Waals surface area contributed by atoms with Crippen molar-refractivity contribution < 1.29 is 19.7 Å². The van der Waals surface area contributed by atoms with E-state index in [0.717, 1.165) is 25.7 Å². The Hall–Kier alpha value is -0.770. The zero-order valence-electron chi connectivity index (χ0n) is 8.28. The number of hydrogen-bond donors (Lipinski definition) is 1. The summed E-state index contributed by atoms with van der Waals surface area (Å²) in [6, 6.07) is 0. The molecule has 0 heterocycles. The maximum absolute atomic E-state index is 9.94. The number of rotatable bonds is 7. The topological polar surface area (TPSA) is 55.8 Å². The van der Waals surface area contributed by atoms with Gasteiger partial charge in [-0.2, -0.15) is 4.89 Å². The lowest BCUT2D eigenvalue weighted by molar-refractivity contribution is -0.259. The highest BCUT2D eigenvalue weighted by Gasteiger charge is 2.07. The van der Waals surface area contributed by atoms with E-state index in [9.17, 15) is 4.79 Å². The third-order valence-corrected chi connectivity index (χ3v) is 1.98. The van der Waals surface area contributed by atoms with Gasteiger partial charge in [-0.3, -0.25) is 4.89 Å². The summed E-state index contributed by atoms with van der Waals surface area (Å²) >= 11 is 0. The molecule has 0 saturated carbocycles. The fourth-order valence-corrected chi connectivity index (χ4v) is 1.08. The van der Waals surface area contributed by atoms with Gasteiger partial charge in [0.25, 0.3) is 0 Å². The molecule has 4 heteroatoms. The van der Waals surface area contributed by atoms with Crippen LogP contribution in [0.4, 0.5) is 4.79 Å². The summed E-state index contributed by atoms with van der Waals surface area (Å²) in [5.74, 6) is 0.402. The third-order valence-electron chi connectivity index (χ3n) is 1.98. The maximum Gasteiger partial charge on any atom is 0.537 e. The van der Waals surface area contributed by atoms with Crippen LogP contribution < -0.4 is 0 Å². The van der Waals surface area contributed by atoms with Crippen molar-refractivity contribution in [3.8, 4) is 0 Å². The summed E-state index contributed by atoms with van der Waals surface area (Å²) in [4.78, 5) is 18.5. The highest BCUT2D eigenvalue weighted by molar-refractivity contribution is 5.55. The van der Waals surface area contributed by atoms with Crippen LogP contribution in [-0.2, 0) is 9.78 Å². The SMILES string of the molecule is CCCCC(CC)COOC(=O)O. The summed E-state index contributed by atoms with van der Waals surface area (Å²) in [6.45, 7) is 4.55. The molecule has 0 bridgehead atoms. The fourth-order valence-electron chi connectivity index (χ4n) is 1.08. The second kappa shape index (κ2) is 7.86. The fraction of sp³-hybridized carbons (Fsp3) is 0.889. The van der Waals surface area contributed by atoms with Crippen LogP contribution >= 0.6 is 0 Å². The molecule has 0 rings (SSSR count). The van der Waals surface area contributed by atoms with Crippen molar-refractivity contribution in [1.82, 2.24) is 0 Å². The molecule has 1 atom stereocenters. The van der Waals surface area contributed by atoms with Gasteiger partial charge >= 0.3 is 6.16 Å². The molecule has 0 spiro atoms. The van der Waals surface area contributed by atoms with Gasteiger partial charge in [-0.1, -0.05) is 33.1 Å². The van der Waals surface area contributed by atoms with E-state index in [4.69, 9.17) is 5.11 Å². The zero-order valence-corrected chi connectivity index (χ0v) is 8.28. The Balaban J connectivity index is 3.41. The van der Waals surface area contributed by atoms with Crippen LogP contribution in [0.3, 0.4) is 0 Å². The molecule has 13 heavy (non-hydrogen) atoms. The van der Waals surface area contributed by atoms with Gasteiger partial charge in [-0.15, -0.1) is 0 Å². The van der Waals surface area contributed by atoms with E-state index in [2.05, 4.69) is 23.6 Å². The monoisotopic (exact) mass is 190 g/mol. The van der Waals surface area contributed by atoms with Gasteiger partial charge in [0.05, 0.1) is 6.61 Å². The molecule has 0 aromatic rings. The Morgan fingerprint density at radius 3 is 2.62 bits per heavy atom. The van der Waals surface area contributed by atoms with Crippen molar-refractivity contribution in [3.05, 3.63) is 0 Å². The summed E-state index contributed by atoms with van der Waals surface area (Å²) in [5, 5.41) is 8.13. The molecule has 0 aliphatic carbocycles. The van der Waals surface area contributed by atoms with Crippen LogP contribution in [-0.4, -0.2) is 17.9 Å². The predicted octanol–water partition coefficient (Wildman–Crippen LogP) is 2.83. The first-order valence-corrected chi connectivity index (χ1v) is 4.73. The average molecular weight is 190 g/mol. The minimum Gasteiger partial charge on any atom is -0.448 e. The van der Waals surface area contributed by atoms with Crippen molar-refractivity contribution in [2.24, 2.45) is 5.92 Å². The van der Waals surface area contributed by atoms with Crippen molar-refractivity contribution in [3.63, 3.8) is 0 Å². The van der Waals surface area contributed by atoms with E-state index < -0.39 is 6.16 Å².